The maximum absolute atomic E-state index is 11.8. The molecule has 118 valence electrons. The number of ether oxygens (including phenoxy) is 2. The van der Waals surface area contributed by atoms with Crippen LogP contribution in [0, 0.1) is 0 Å². The van der Waals surface area contributed by atoms with Crippen molar-refractivity contribution in [1.29, 1.82) is 0 Å². The molecule has 0 aliphatic rings. The second-order valence-corrected chi connectivity index (χ2v) is 5.61. The van der Waals surface area contributed by atoms with Crippen molar-refractivity contribution in [3.05, 3.63) is 18.2 Å². The van der Waals surface area contributed by atoms with E-state index in [1.54, 1.807) is 19.2 Å². The summed E-state index contributed by atoms with van der Waals surface area (Å²) in [7, 11) is 1.55. The number of carbonyl (C=O) groups is 1. The van der Waals surface area contributed by atoms with Crippen LogP contribution in [0.4, 0.5) is 16.2 Å². The summed E-state index contributed by atoms with van der Waals surface area (Å²) in [6.45, 7) is 6.85. The van der Waals surface area contributed by atoms with Crippen LogP contribution in [0.2, 0.25) is 0 Å². The van der Waals surface area contributed by atoms with Gasteiger partial charge in [0.1, 0.15) is 11.4 Å². The Morgan fingerprint density at radius 1 is 1.33 bits per heavy atom. The molecule has 0 aliphatic heterocycles. The van der Waals surface area contributed by atoms with Crippen molar-refractivity contribution >= 4 is 17.5 Å². The lowest BCUT2D eigenvalue weighted by Crippen LogP contribution is -2.27. The predicted octanol–water partition coefficient (Wildman–Crippen LogP) is 2.80. The molecule has 0 atom stereocenters. The minimum absolute atomic E-state index is 0.514. The summed E-state index contributed by atoms with van der Waals surface area (Å²) in [6.07, 6.45) is 0.362. The summed E-state index contributed by atoms with van der Waals surface area (Å²) in [4.78, 5) is 11.8. The first-order valence-corrected chi connectivity index (χ1v) is 6.97. The molecule has 21 heavy (non-hydrogen) atoms. The third kappa shape index (κ3) is 6.35. The molecular formula is C15H25N3O3. The van der Waals surface area contributed by atoms with Gasteiger partial charge in [-0.25, -0.2) is 4.79 Å². The number of benzene rings is 1. The van der Waals surface area contributed by atoms with Gasteiger partial charge in [-0.05, 0) is 51.9 Å². The zero-order valence-corrected chi connectivity index (χ0v) is 13.2. The average molecular weight is 295 g/mol. The highest BCUT2D eigenvalue weighted by molar-refractivity contribution is 5.88. The van der Waals surface area contributed by atoms with Crippen LogP contribution >= 0.6 is 0 Å². The van der Waals surface area contributed by atoms with Crippen molar-refractivity contribution in [2.75, 3.05) is 30.8 Å². The number of anilines is 2. The van der Waals surface area contributed by atoms with Crippen LogP contribution in [0.5, 0.6) is 5.75 Å². The van der Waals surface area contributed by atoms with Crippen LogP contribution in [0.1, 0.15) is 27.2 Å². The topological polar surface area (TPSA) is 85.6 Å². The molecule has 0 unspecified atom stereocenters. The Bertz CT molecular complexity index is 470. The van der Waals surface area contributed by atoms with E-state index in [-0.39, 0.29) is 0 Å². The molecule has 0 fully saturated rings. The lowest BCUT2D eigenvalue weighted by atomic mass is 10.2. The van der Waals surface area contributed by atoms with E-state index in [4.69, 9.17) is 15.2 Å². The molecule has 0 bridgehead atoms. The van der Waals surface area contributed by atoms with Crippen LogP contribution in [0.15, 0.2) is 18.2 Å². The first-order valence-electron chi connectivity index (χ1n) is 6.97. The van der Waals surface area contributed by atoms with Crippen molar-refractivity contribution in [2.24, 2.45) is 5.73 Å². The Hall–Kier alpha value is -1.95. The molecule has 0 saturated carbocycles. The van der Waals surface area contributed by atoms with Gasteiger partial charge in [0.25, 0.3) is 0 Å². The van der Waals surface area contributed by atoms with E-state index in [0.717, 1.165) is 18.7 Å². The summed E-state index contributed by atoms with van der Waals surface area (Å²) in [5, 5.41) is 5.93. The standard InChI is InChI=1S/C15H25N3O3/c1-15(2,3)21-14(19)18-12-10-11(17-9-5-8-16)6-7-13(12)20-4/h6-7,10,17H,5,8-9,16H2,1-4H3,(H,18,19). The first kappa shape index (κ1) is 17.1. The number of nitrogens with one attached hydrogen (secondary N) is 2. The number of amides is 1. The molecule has 0 radical (unpaired) electrons. The molecule has 0 saturated heterocycles. The van der Waals surface area contributed by atoms with Crippen LogP contribution in [-0.2, 0) is 4.74 Å². The largest absolute Gasteiger partial charge is 0.495 e. The maximum Gasteiger partial charge on any atom is 0.412 e. The molecule has 0 spiro atoms. The summed E-state index contributed by atoms with van der Waals surface area (Å²) in [6, 6.07) is 5.48. The fourth-order valence-electron chi connectivity index (χ4n) is 1.66. The molecule has 0 aliphatic carbocycles. The van der Waals surface area contributed by atoms with E-state index in [0.29, 0.717) is 18.0 Å². The van der Waals surface area contributed by atoms with E-state index in [9.17, 15) is 4.79 Å². The number of carbonyl (C=O) groups excluding carboxylic acids is 1. The van der Waals surface area contributed by atoms with E-state index in [2.05, 4.69) is 10.6 Å². The van der Waals surface area contributed by atoms with E-state index in [1.165, 1.54) is 0 Å². The summed E-state index contributed by atoms with van der Waals surface area (Å²) in [5.41, 5.74) is 6.36. The number of methoxy groups -OCH3 is 1. The van der Waals surface area contributed by atoms with Gasteiger partial charge in [-0.1, -0.05) is 0 Å². The molecule has 4 N–H and O–H groups in total. The molecule has 1 amide bonds. The molecule has 1 aromatic carbocycles. The quantitative estimate of drug-likeness (QED) is 0.703. The average Bonchev–Trinajstić information content (AvgIpc) is 2.37. The summed E-state index contributed by atoms with van der Waals surface area (Å²) < 4.78 is 10.5. The molecule has 0 aromatic heterocycles. The van der Waals surface area contributed by atoms with Gasteiger partial charge in [0.05, 0.1) is 12.8 Å². The minimum Gasteiger partial charge on any atom is -0.495 e. The zero-order chi connectivity index (χ0) is 15.9. The molecule has 6 heteroatoms. The lowest BCUT2D eigenvalue weighted by molar-refractivity contribution is 0.0635. The molecule has 0 heterocycles. The third-order valence-electron chi connectivity index (χ3n) is 2.55. The molecule has 1 aromatic rings. The van der Waals surface area contributed by atoms with Gasteiger partial charge in [-0.3, -0.25) is 5.32 Å². The molecule has 1 rings (SSSR count). The second-order valence-electron chi connectivity index (χ2n) is 5.61. The Morgan fingerprint density at radius 2 is 2.05 bits per heavy atom. The highest BCUT2D eigenvalue weighted by Gasteiger charge is 2.17. The van der Waals surface area contributed by atoms with Gasteiger partial charge >= 0.3 is 6.09 Å². The zero-order valence-electron chi connectivity index (χ0n) is 13.2. The van der Waals surface area contributed by atoms with Crippen LogP contribution in [0.25, 0.3) is 0 Å². The van der Waals surface area contributed by atoms with Crippen molar-refractivity contribution in [3.8, 4) is 5.75 Å². The van der Waals surface area contributed by atoms with Crippen molar-refractivity contribution in [2.45, 2.75) is 32.8 Å². The van der Waals surface area contributed by atoms with Crippen LogP contribution < -0.4 is 21.1 Å². The Labute approximate surface area is 126 Å². The Kier molecular flexibility index (Phi) is 6.30. The van der Waals surface area contributed by atoms with Crippen molar-refractivity contribution in [1.82, 2.24) is 0 Å². The van der Waals surface area contributed by atoms with Crippen LogP contribution in [-0.4, -0.2) is 31.9 Å². The minimum atomic E-state index is -0.547. The molecule has 6 nitrogen and oxygen atoms in total. The highest BCUT2D eigenvalue weighted by Crippen LogP contribution is 2.28. The van der Waals surface area contributed by atoms with E-state index in [1.807, 2.05) is 26.8 Å². The smallest absolute Gasteiger partial charge is 0.412 e. The summed E-state index contributed by atoms with van der Waals surface area (Å²) >= 11 is 0. The number of hydrogen-bond acceptors (Lipinski definition) is 5. The van der Waals surface area contributed by atoms with Gasteiger partial charge in [-0.2, -0.15) is 0 Å². The van der Waals surface area contributed by atoms with Gasteiger partial charge in [0, 0.05) is 12.2 Å². The third-order valence-corrected chi connectivity index (χ3v) is 2.55. The predicted molar refractivity (Wildman–Crippen MR) is 85.0 cm³/mol. The normalized spacial score (nSPS) is 10.9. The maximum atomic E-state index is 11.8. The monoisotopic (exact) mass is 295 g/mol. The van der Waals surface area contributed by atoms with E-state index >= 15 is 0 Å². The number of hydrogen-bond donors (Lipinski definition) is 3. The summed E-state index contributed by atoms with van der Waals surface area (Å²) in [5.74, 6) is 0.574. The Balaban J connectivity index is 2.78. The number of rotatable bonds is 6. The Morgan fingerprint density at radius 3 is 2.62 bits per heavy atom. The van der Waals surface area contributed by atoms with E-state index < -0.39 is 11.7 Å². The van der Waals surface area contributed by atoms with Gasteiger partial charge < -0.3 is 20.5 Å². The SMILES string of the molecule is COc1ccc(NCCCN)cc1NC(=O)OC(C)(C)C. The van der Waals surface area contributed by atoms with Gasteiger partial charge in [-0.15, -0.1) is 0 Å². The fourth-order valence-corrected chi connectivity index (χ4v) is 1.66. The fraction of sp³-hybridized carbons (Fsp3) is 0.533. The van der Waals surface area contributed by atoms with Gasteiger partial charge in [0.2, 0.25) is 0 Å². The number of nitrogens with two attached hydrogens (primary N) is 1. The first-order chi connectivity index (χ1) is 9.85. The van der Waals surface area contributed by atoms with Crippen LogP contribution in [0.3, 0.4) is 0 Å². The highest BCUT2D eigenvalue weighted by atomic mass is 16.6. The van der Waals surface area contributed by atoms with Crippen molar-refractivity contribution < 1.29 is 14.3 Å². The molecular weight excluding hydrogens is 270 g/mol. The lowest BCUT2D eigenvalue weighted by Gasteiger charge is -2.20. The van der Waals surface area contributed by atoms with Crippen molar-refractivity contribution in [3.63, 3.8) is 0 Å². The second kappa shape index (κ2) is 7.73. The van der Waals surface area contributed by atoms with Gasteiger partial charge in [0.15, 0.2) is 0 Å².